The van der Waals surface area contributed by atoms with Gasteiger partial charge in [0.1, 0.15) is 22.9 Å². The number of carboxylic acids is 1. The van der Waals surface area contributed by atoms with E-state index in [2.05, 4.69) is 10.3 Å². The summed E-state index contributed by atoms with van der Waals surface area (Å²) in [7, 11) is -1.48. The van der Waals surface area contributed by atoms with Crippen molar-refractivity contribution < 1.29 is 28.1 Å². The van der Waals surface area contributed by atoms with Gasteiger partial charge >= 0.3 is 5.97 Å². The number of carbonyl (C=O) groups excluding carboxylic acids is 2. The SMILES string of the molecule is O=C(CS(=O)c1cccs1)NC1C(=O)N2C(C(=O)O)=C(CSc3cnco3)CSC12. The van der Waals surface area contributed by atoms with Gasteiger partial charge in [-0.1, -0.05) is 17.8 Å². The van der Waals surface area contributed by atoms with Crippen molar-refractivity contribution in [1.29, 1.82) is 0 Å². The Kier molecular flexibility index (Phi) is 6.32. The van der Waals surface area contributed by atoms with E-state index in [0.717, 1.165) is 0 Å². The number of aliphatic carboxylic acids is 1. The molecule has 9 nitrogen and oxygen atoms in total. The minimum absolute atomic E-state index is 0.0524. The van der Waals surface area contributed by atoms with Crippen LogP contribution in [-0.4, -0.2) is 65.7 Å². The number of nitrogens with zero attached hydrogens (tertiary/aromatic N) is 2. The minimum Gasteiger partial charge on any atom is -0.477 e. The number of rotatable bonds is 8. The molecule has 0 bridgehead atoms. The van der Waals surface area contributed by atoms with Crippen molar-refractivity contribution in [3.05, 3.63) is 41.4 Å². The molecule has 1 saturated heterocycles. The van der Waals surface area contributed by atoms with Crippen LogP contribution in [0.2, 0.25) is 0 Å². The van der Waals surface area contributed by atoms with E-state index in [4.69, 9.17) is 4.42 Å². The first-order valence-corrected chi connectivity index (χ1v) is 12.8. The molecule has 2 aliphatic rings. The van der Waals surface area contributed by atoms with Gasteiger partial charge in [-0.15, -0.1) is 23.1 Å². The number of carboxylic acid groups (broad SMARTS) is 1. The Morgan fingerprint density at radius 3 is 2.97 bits per heavy atom. The van der Waals surface area contributed by atoms with E-state index >= 15 is 0 Å². The molecular formula is C17H15N3O6S4. The third kappa shape index (κ3) is 4.19. The zero-order valence-electron chi connectivity index (χ0n) is 15.2. The van der Waals surface area contributed by atoms with Crippen molar-refractivity contribution >= 4 is 63.4 Å². The fourth-order valence-corrected chi connectivity index (χ4v) is 7.22. The maximum atomic E-state index is 12.6. The number of thioether (sulfide) groups is 2. The lowest BCUT2D eigenvalue weighted by Crippen LogP contribution is -2.70. The van der Waals surface area contributed by atoms with Crippen LogP contribution in [-0.2, 0) is 25.2 Å². The van der Waals surface area contributed by atoms with Crippen molar-refractivity contribution in [3.8, 4) is 0 Å². The Bertz CT molecular complexity index is 1020. The van der Waals surface area contributed by atoms with Crippen molar-refractivity contribution in [2.75, 3.05) is 17.3 Å². The summed E-state index contributed by atoms with van der Waals surface area (Å²) in [5.74, 6) is -1.68. The highest BCUT2D eigenvalue weighted by atomic mass is 32.2. The quantitative estimate of drug-likeness (QED) is 0.421. The van der Waals surface area contributed by atoms with Gasteiger partial charge in [-0.25, -0.2) is 9.78 Å². The summed E-state index contributed by atoms with van der Waals surface area (Å²) >= 11 is 3.98. The van der Waals surface area contributed by atoms with Gasteiger partial charge in [0.25, 0.3) is 5.91 Å². The summed E-state index contributed by atoms with van der Waals surface area (Å²) in [6.45, 7) is 0. The molecular weight excluding hydrogens is 470 g/mol. The number of β-lactam (4-membered cyclic amide) rings is 1. The van der Waals surface area contributed by atoms with Gasteiger partial charge in [0, 0.05) is 11.5 Å². The van der Waals surface area contributed by atoms with Crippen LogP contribution in [0.5, 0.6) is 0 Å². The van der Waals surface area contributed by atoms with Crippen LogP contribution < -0.4 is 5.32 Å². The molecule has 1 fully saturated rings. The number of nitrogens with one attached hydrogen (secondary N) is 1. The second-order valence-corrected chi connectivity index (χ2v) is 11.0. The molecule has 0 spiro atoms. The van der Waals surface area contributed by atoms with Gasteiger partial charge in [-0.05, 0) is 17.0 Å². The second-order valence-electron chi connectivity index (χ2n) is 6.24. The van der Waals surface area contributed by atoms with E-state index in [1.807, 2.05) is 0 Å². The van der Waals surface area contributed by atoms with Crippen molar-refractivity contribution in [2.45, 2.75) is 20.7 Å². The van der Waals surface area contributed by atoms with Crippen molar-refractivity contribution in [2.24, 2.45) is 0 Å². The smallest absolute Gasteiger partial charge is 0.352 e. The molecule has 13 heteroatoms. The van der Waals surface area contributed by atoms with Crippen LogP contribution in [0.25, 0.3) is 0 Å². The van der Waals surface area contributed by atoms with Crippen molar-refractivity contribution in [3.63, 3.8) is 0 Å². The first-order valence-electron chi connectivity index (χ1n) is 8.58. The Hall–Kier alpha value is -2.09. The van der Waals surface area contributed by atoms with Gasteiger partial charge < -0.3 is 14.8 Å². The number of fused-ring (bicyclic) bond motifs is 1. The zero-order chi connectivity index (χ0) is 21.3. The summed E-state index contributed by atoms with van der Waals surface area (Å²) in [6, 6.07) is 2.60. The monoisotopic (exact) mass is 485 g/mol. The van der Waals surface area contributed by atoms with Gasteiger partial charge in [0.15, 0.2) is 11.5 Å². The molecule has 3 unspecified atom stereocenters. The number of thiophene rings is 1. The average molecular weight is 486 g/mol. The predicted molar refractivity (Wildman–Crippen MR) is 113 cm³/mol. The van der Waals surface area contributed by atoms with Crippen LogP contribution >= 0.6 is 34.9 Å². The fraction of sp³-hybridized carbons (Fsp3) is 0.294. The van der Waals surface area contributed by atoms with Gasteiger partial charge in [-0.3, -0.25) is 18.7 Å². The van der Waals surface area contributed by atoms with E-state index in [0.29, 0.717) is 26.4 Å². The molecule has 3 atom stereocenters. The highest BCUT2D eigenvalue weighted by Crippen LogP contribution is 2.41. The normalized spacial score (nSPS) is 21.7. The molecule has 0 aromatic carbocycles. The number of carbonyl (C=O) groups is 3. The van der Waals surface area contributed by atoms with Crippen LogP contribution in [0.4, 0.5) is 0 Å². The summed E-state index contributed by atoms with van der Waals surface area (Å²) < 4.78 is 17.9. The lowest BCUT2D eigenvalue weighted by Gasteiger charge is -2.49. The molecule has 158 valence electrons. The van der Waals surface area contributed by atoms with Crippen LogP contribution in [0.15, 0.2) is 55.1 Å². The topological polar surface area (TPSA) is 130 Å². The molecule has 2 N–H and O–H groups in total. The Labute approximate surface area is 185 Å². The summed E-state index contributed by atoms with van der Waals surface area (Å²) in [5, 5.41) is 14.1. The number of aromatic nitrogens is 1. The molecule has 0 radical (unpaired) electrons. The van der Waals surface area contributed by atoms with E-state index in [9.17, 15) is 23.7 Å². The van der Waals surface area contributed by atoms with Crippen LogP contribution in [0, 0.1) is 0 Å². The van der Waals surface area contributed by atoms with Gasteiger partial charge in [0.2, 0.25) is 5.91 Å². The number of hydrogen-bond donors (Lipinski definition) is 2. The number of oxazole rings is 1. The third-order valence-electron chi connectivity index (χ3n) is 4.35. The number of hydrogen-bond acceptors (Lipinski definition) is 9. The van der Waals surface area contributed by atoms with E-state index < -0.39 is 40.0 Å². The number of amides is 2. The van der Waals surface area contributed by atoms with E-state index in [1.54, 1.807) is 17.5 Å². The highest BCUT2D eigenvalue weighted by molar-refractivity contribution is 8.01. The zero-order valence-corrected chi connectivity index (χ0v) is 18.4. The standard InChI is InChI=1S/C17H15N3O6S4/c21-10(7-30(25)12-2-1-3-27-12)19-13-15(22)20-14(17(23)24)9(6-29-16(13)20)5-28-11-4-18-8-26-11/h1-4,8,13,16H,5-7H2,(H,19,21)(H,23,24). The summed E-state index contributed by atoms with van der Waals surface area (Å²) in [6.07, 6.45) is 2.82. The Morgan fingerprint density at radius 2 is 2.30 bits per heavy atom. The highest BCUT2D eigenvalue weighted by Gasteiger charge is 2.54. The minimum atomic E-state index is -1.48. The van der Waals surface area contributed by atoms with Gasteiger partial charge in [0.05, 0.1) is 21.2 Å². The molecule has 2 aromatic heterocycles. The molecule has 4 rings (SSSR count). The second kappa shape index (κ2) is 8.96. The lowest BCUT2D eigenvalue weighted by atomic mass is 10.0. The first kappa shape index (κ1) is 21.2. The maximum Gasteiger partial charge on any atom is 0.352 e. The van der Waals surface area contributed by atoms with E-state index in [-0.39, 0.29) is 11.4 Å². The molecule has 0 aliphatic carbocycles. The first-order chi connectivity index (χ1) is 14.5. The molecule has 2 aromatic rings. The molecule has 2 aliphatic heterocycles. The molecule has 4 heterocycles. The fourth-order valence-electron chi connectivity index (χ4n) is 3.03. The van der Waals surface area contributed by atoms with Crippen molar-refractivity contribution in [1.82, 2.24) is 15.2 Å². The third-order valence-corrected chi connectivity index (χ3v) is 9.28. The van der Waals surface area contributed by atoms with E-state index in [1.165, 1.54) is 52.4 Å². The summed E-state index contributed by atoms with van der Waals surface area (Å²) in [4.78, 5) is 41.8. The summed E-state index contributed by atoms with van der Waals surface area (Å²) in [5.41, 5.74) is 0.547. The van der Waals surface area contributed by atoms with Crippen LogP contribution in [0.1, 0.15) is 0 Å². The van der Waals surface area contributed by atoms with Crippen LogP contribution in [0.3, 0.4) is 0 Å². The Morgan fingerprint density at radius 1 is 1.47 bits per heavy atom. The maximum absolute atomic E-state index is 12.6. The molecule has 2 amide bonds. The van der Waals surface area contributed by atoms with Gasteiger partial charge in [-0.2, -0.15) is 0 Å². The largest absolute Gasteiger partial charge is 0.477 e. The lowest BCUT2D eigenvalue weighted by molar-refractivity contribution is -0.150. The molecule has 30 heavy (non-hydrogen) atoms. The Balaban J connectivity index is 1.41. The average Bonchev–Trinajstić information content (AvgIpc) is 3.43. The predicted octanol–water partition coefficient (Wildman–Crippen LogP) is 1.37. The molecule has 0 saturated carbocycles.